The van der Waals surface area contributed by atoms with Crippen LogP contribution in [0.15, 0.2) is 103 Å². The zero-order valence-corrected chi connectivity index (χ0v) is 17.8. The van der Waals surface area contributed by atoms with Crippen molar-refractivity contribution in [3.8, 4) is 22.7 Å². The van der Waals surface area contributed by atoms with Crippen LogP contribution in [-0.2, 0) is 20.1 Å². The van der Waals surface area contributed by atoms with Crippen molar-refractivity contribution in [2.45, 2.75) is 0 Å². The molecule has 0 aliphatic rings. The number of hydrogen-bond donors (Lipinski definition) is 1. The van der Waals surface area contributed by atoms with Crippen molar-refractivity contribution in [1.82, 2.24) is 14.8 Å². The van der Waals surface area contributed by atoms with Crippen molar-refractivity contribution >= 4 is 10.9 Å². The van der Waals surface area contributed by atoms with Gasteiger partial charge in [0, 0.05) is 32.5 Å². The molecule has 3 aromatic carbocycles. The summed E-state index contributed by atoms with van der Waals surface area (Å²) in [5.74, 6) is 0.237. The summed E-state index contributed by atoms with van der Waals surface area (Å²) in [5, 5.41) is 14.6. The second-order valence-electron chi connectivity index (χ2n) is 6.10. The molecule has 0 unspecified atom stereocenters. The molecule has 145 valence electrons. The Bertz CT molecular complexity index is 1180. The minimum absolute atomic E-state index is 0. The number of fused-ring (bicyclic) bond motifs is 1. The molecule has 0 saturated carbocycles. The van der Waals surface area contributed by atoms with E-state index in [9.17, 15) is 5.11 Å². The van der Waals surface area contributed by atoms with Gasteiger partial charge in [0.1, 0.15) is 11.4 Å². The van der Waals surface area contributed by atoms with E-state index in [0.717, 1.165) is 16.8 Å². The number of para-hydroxylation sites is 3. The fraction of sp³-hybridized carbons (Fsp3) is 0. The molecular formula is C24H18IrN3O-. The Balaban J connectivity index is 0.000000167. The molecule has 0 bridgehead atoms. The number of pyridine rings is 1. The summed E-state index contributed by atoms with van der Waals surface area (Å²) in [6, 6.07) is 32.2. The van der Waals surface area contributed by atoms with Crippen LogP contribution in [0.2, 0.25) is 0 Å². The number of aromatic nitrogens is 3. The van der Waals surface area contributed by atoms with Crippen molar-refractivity contribution in [2.24, 2.45) is 0 Å². The van der Waals surface area contributed by atoms with Crippen LogP contribution in [0, 0.1) is 6.07 Å². The van der Waals surface area contributed by atoms with Gasteiger partial charge in [0.25, 0.3) is 0 Å². The maximum absolute atomic E-state index is 9.42. The average Bonchev–Trinajstić information content (AvgIpc) is 3.29. The normalized spacial score (nSPS) is 9.93. The zero-order chi connectivity index (χ0) is 19.2. The Labute approximate surface area is 182 Å². The van der Waals surface area contributed by atoms with Crippen molar-refractivity contribution in [1.29, 1.82) is 0 Å². The predicted molar refractivity (Wildman–Crippen MR) is 111 cm³/mol. The average molecular weight is 557 g/mol. The van der Waals surface area contributed by atoms with Crippen molar-refractivity contribution in [3.05, 3.63) is 109 Å². The Hall–Kier alpha value is -3.27. The SMILES string of the molecule is Oc1ccccc1-n1cccn1.[Ir].[c-]1ccccc1-c1ccc2ccccc2n1. The molecule has 1 N–H and O–H groups in total. The van der Waals surface area contributed by atoms with E-state index in [1.54, 1.807) is 29.2 Å². The molecule has 1 radical (unpaired) electrons. The Morgan fingerprint density at radius 2 is 1.59 bits per heavy atom. The summed E-state index contributed by atoms with van der Waals surface area (Å²) in [5.41, 5.74) is 3.73. The van der Waals surface area contributed by atoms with Crippen LogP contribution >= 0.6 is 0 Å². The Morgan fingerprint density at radius 3 is 2.34 bits per heavy atom. The van der Waals surface area contributed by atoms with Crippen molar-refractivity contribution in [3.63, 3.8) is 0 Å². The second-order valence-corrected chi connectivity index (χ2v) is 6.10. The van der Waals surface area contributed by atoms with E-state index >= 15 is 0 Å². The van der Waals surface area contributed by atoms with Gasteiger partial charge in [-0.15, -0.1) is 35.9 Å². The van der Waals surface area contributed by atoms with Gasteiger partial charge < -0.3 is 5.11 Å². The summed E-state index contributed by atoms with van der Waals surface area (Å²) < 4.78 is 1.62. The molecule has 2 aromatic heterocycles. The third-order valence-corrected chi connectivity index (χ3v) is 4.22. The Kier molecular flexibility index (Phi) is 6.90. The largest absolute Gasteiger partial charge is 0.506 e. The van der Waals surface area contributed by atoms with Gasteiger partial charge in [0.15, 0.2) is 0 Å². The third-order valence-electron chi connectivity index (χ3n) is 4.22. The number of phenolic OH excluding ortho intramolecular Hbond substituents is 1. The molecule has 0 saturated heterocycles. The van der Waals surface area contributed by atoms with Crippen LogP contribution in [0.1, 0.15) is 0 Å². The second kappa shape index (κ2) is 9.78. The van der Waals surface area contributed by atoms with Gasteiger partial charge in [-0.1, -0.05) is 42.5 Å². The molecule has 5 heteroatoms. The monoisotopic (exact) mass is 557 g/mol. The summed E-state index contributed by atoms with van der Waals surface area (Å²) in [6.07, 6.45) is 3.46. The molecular weight excluding hydrogens is 539 g/mol. The van der Waals surface area contributed by atoms with Crippen LogP contribution in [-0.4, -0.2) is 19.9 Å². The van der Waals surface area contributed by atoms with Gasteiger partial charge in [-0.25, -0.2) is 4.68 Å². The minimum atomic E-state index is 0. The molecule has 0 aliphatic heterocycles. The van der Waals surface area contributed by atoms with Gasteiger partial charge in [-0.05, 0) is 35.3 Å². The first kappa shape index (κ1) is 20.5. The predicted octanol–water partition coefficient (Wildman–Crippen LogP) is 5.28. The number of rotatable bonds is 2. The molecule has 0 aliphatic carbocycles. The van der Waals surface area contributed by atoms with Crippen LogP contribution < -0.4 is 0 Å². The van der Waals surface area contributed by atoms with Crippen LogP contribution in [0.3, 0.4) is 0 Å². The Morgan fingerprint density at radius 1 is 0.793 bits per heavy atom. The maximum atomic E-state index is 9.42. The molecule has 0 spiro atoms. The first-order valence-corrected chi connectivity index (χ1v) is 8.92. The van der Waals surface area contributed by atoms with Crippen molar-refractivity contribution in [2.75, 3.05) is 0 Å². The van der Waals surface area contributed by atoms with Gasteiger partial charge in [-0.3, -0.25) is 4.98 Å². The quantitative estimate of drug-likeness (QED) is 0.301. The maximum Gasteiger partial charge on any atom is 0.141 e. The van der Waals surface area contributed by atoms with E-state index in [1.807, 2.05) is 66.7 Å². The summed E-state index contributed by atoms with van der Waals surface area (Å²) >= 11 is 0. The first-order chi connectivity index (χ1) is 13.8. The van der Waals surface area contributed by atoms with E-state index < -0.39 is 0 Å². The molecule has 0 fully saturated rings. The van der Waals surface area contributed by atoms with Gasteiger partial charge in [0.05, 0.1) is 5.52 Å². The summed E-state index contributed by atoms with van der Waals surface area (Å²) in [4.78, 5) is 4.61. The van der Waals surface area contributed by atoms with E-state index in [-0.39, 0.29) is 25.9 Å². The van der Waals surface area contributed by atoms with E-state index in [2.05, 4.69) is 28.3 Å². The van der Waals surface area contributed by atoms with Crippen LogP contribution in [0.5, 0.6) is 5.75 Å². The summed E-state index contributed by atoms with van der Waals surface area (Å²) in [7, 11) is 0. The first-order valence-electron chi connectivity index (χ1n) is 8.92. The number of phenols is 1. The molecule has 29 heavy (non-hydrogen) atoms. The van der Waals surface area contributed by atoms with Gasteiger partial charge >= 0.3 is 0 Å². The number of hydrogen-bond acceptors (Lipinski definition) is 3. The third kappa shape index (κ3) is 4.96. The summed E-state index contributed by atoms with van der Waals surface area (Å²) in [6.45, 7) is 0. The minimum Gasteiger partial charge on any atom is -0.506 e. The molecule has 4 nitrogen and oxygen atoms in total. The standard InChI is InChI=1S/C15H10N.C9H8N2O.Ir/c1-2-6-12(7-3-1)15-11-10-13-8-4-5-9-14(13)16-15;12-9-5-2-1-4-8(9)11-7-3-6-10-11;/h1-6,8-11H;1-7,12H;/q-1;;. The fourth-order valence-corrected chi connectivity index (χ4v) is 2.84. The van der Waals surface area contributed by atoms with Crippen molar-refractivity contribution < 1.29 is 25.2 Å². The number of nitrogens with zero attached hydrogens (tertiary/aromatic N) is 3. The van der Waals surface area contributed by atoms with E-state index in [4.69, 9.17) is 0 Å². The van der Waals surface area contributed by atoms with Gasteiger partial charge in [0.2, 0.25) is 0 Å². The van der Waals surface area contributed by atoms with Crippen LogP contribution in [0.4, 0.5) is 0 Å². The molecule has 0 amide bonds. The van der Waals surface area contributed by atoms with Gasteiger partial charge in [-0.2, -0.15) is 5.10 Å². The van der Waals surface area contributed by atoms with E-state index in [0.29, 0.717) is 5.69 Å². The topological polar surface area (TPSA) is 50.9 Å². The number of benzene rings is 3. The zero-order valence-electron chi connectivity index (χ0n) is 15.4. The molecule has 5 aromatic rings. The molecule has 2 heterocycles. The smallest absolute Gasteiger partial charge is 0.141 e. The van der Waals surface area contributed by atoms with E-state index in [1.165, 1.54) is 5.39 Å². The molecule has 5 rings (SSSR count). The molecule has 0 atom stereocenters. The van der Waals surface area contributed by atoms with Crippen LogP contribution in [0.25, 0.3) is 27.8 Å². The fourth-order valence-electron chi connectivity index (χ4n) is 2.84. The number of aromatic hydroxyl groups is 1.